The van der Waals surface area contributed by atoms with Crippen LogP contribution < -0.4 is 14.8 Å². The van der Waals surface area contributed by atoms with Gasteiger partial charge in [0.1, 0.15) is 23.1 Å². The number of aromatic nitrogens is 1. The molecule has 0 amide bonds. The molecular formula is C24H29N3O4S. The molecule has 0 bridgehead atoms. The minimum atomic E-state index is -2.90. The number of anilines is 2. The maximum Gasteiger partial charge on any atom is 0.163 e. The van der Waals surface area contributed by atoms with Crippen LogP contribution >= 0.6 is 0 Å². The van der Waals surface area contributed by atoms with Crippen molar-refractivity contribution in [2.24, 2.45) is 7.05 Å². The molecule has 7 nitrogen and oxygen atoms in total. The highest BCUT2D eigenvalue weighted by Crippen LogP contribution is 2.35. The standard InChI is InChI=1S/C24H29N3O4S/c1-26-21-8-10-27(9-3-13-32(2,28)29)16-20(21)19-6-4-17(14-22(19)26)25-18-5-7-23-24(15-18)31-12-11-30-23/h4-7,14-15,25H,3,8-13,16H2,1-2H3. The number of sulfone groups is 1. The van der Waals surface area contributed by atoms with Gasteiger partial charge in [-0.1, -0.05) is 6.07 Å². The Morgan fingerprint density at radius 1 is 1.03 bits per heavy atom. The molecule has 0 saturated carbocycles. The summed E-state index contributed by atoms with van der Waals surface area (Å²) in [6, 6.07) is 12.4. The van der Waals surface area contributed by atoms with Gasteiger partial charge in [0.25, 0.3) is 0 Å². The Labute approximate surface area is 188 Å². The molecule has 170 valence electrons. The van der Waals surface area contributed by atoms with Crippen molar-refractivity contribution in [1.82, 2.24) is 9.47 Å². The van der Waals surface area contributed by atoms with Crippen molar-refractivity contribution in [2.75, 3.05) is 43.6 Å². The van der Waals surface area contributed by atoms with Crippen molar-refractivity contribution in [3.63, 3.8) is 0 Å². The number of benzene rings is 2. The van der Waals surface area contributed by atoms with Gasteiger partial charge in [-0.3, -0.25) is 4.90 Å². The van der Waals surface area contributed by atoms with Crippen LogP contribution in [0.4, 0.5) is 11.4 Å². The van der Waals surface area contributed by atoms with Crippen LogP contribution in [-0.4, -0.2) is 56.2 Å². The predicted octanol–water partition coefficient (Wildman–Crippen LogP) is 3.49. The van der Waals surface area contributed by atoms with Crippen molar-refractivity contribution >= 4 is 32.1 Å². The van der Waals surface area contributed by atoms with E-state index in [0.717, 1.165) is 48.9 Å². The van der Waals surface area contributed by atoms with E-state index >= 15 is 0 Å². The molecular weight excluding hydrogens is 426 g/mol. The molecule has 8 heteroatoms. The van der Waals surface area contributed by atoms with Crippen LogP contribution in [0.15, 0.2) is 36.4 Å². The molecule has 2 aromatic carbocycles. The van der Waals surface area contributed by atoms with Gasteiger partial charge in [0, 0.05) is 61.3 Å². The zero-order chi connectivity index (χ0) is 22.3. The molecule has 0 radical (unpaired) electrons. The molecule has 3 heterocycles. The molecule has 2 aliphatic heterocycles. The van der Waals surface area contributed by atoms with E-state index in [1.807, 2.05) is 18.2 Å². The van der Waals surface area contributed by atoms with Crippen LogP contribution in [0, 0.1) is 0 Å². The largest absolute Gasteiger partial charge is 0.486 e. The Balaban J connectivity index is 1.35. The van der Waals surface area contributed by atoms with E-state index in [2.05, 4.69) is 40.0 Å². The maximum atomic E-state index is 11.4. The third kappa shape index (κ3) is 4.29. The molecule has 0 unspecified atom stereocenters. The number of hydrogen-bond donors (Lipinski definition) is 1. The Morgan fingerprint density at radius 3 is 2.59 bits per heavy atom. The molecule has 1 N–H and O–H groups in total. The van der Waals surface area contributed by atoms with Crippen LogP contribution in [0.3, 0.4) is 0 Å². The summed E-state index contributed by atoms with van der Waals surface area (Å²) >= 11 is 0. The molecule has 0 spiro atoms. The first kappa shape index (κ1) is 21.2. The van der Waals surface area contributed by atoms with Crippen molar-refractivity contribution in [3.05, 3.63) is 47.7 Å². The van der Waals surface area contributed by atoms with E-state index in [0.29, 0.717) is 19.6 Å². The van der Waals surface area contributed by atoms with Crippen molar-refractivity contribution in [1.29, 1.82) is 0 Å². The molecule has 0 fully saturated rings. The number of nitrogens with one attached hydrogen (secondary N) is 1. The second-order valence-electron chi connectivity index (χ2n) is 8.71. The summed E-state index contributed by atoms with van der Waals surface area (Å²) in [4.78, 5) is 2.37. The maximum absolute atomic E-state index is 11.4. The summed E-state index contributed by atoms with van der Waals surface area (Å²) < 4.78 is 36.5. The smallest absolute Gasteiger partial charge is 0.163 e. The van der Waals surface area contributed by atoms with Crippen LogP contribution in [0.5, 0.6) is 11.5 Å². The summed E-state index contributed by atoms with van der Waals surface area (Å²) in [5.41, 5.74) is 5.92. The minimum absolute atomic E-state index is 0.251. The summed E-state index contributed by atoms with van der Waals surface area (Å²) in [6.45, 7) is 3.80. The Kier molecular flexibility index (Phi) is 5.51. The molecule has 32 heavy (non-hydrogen) atoms. The lowest BCUT2D eigenvalue weighted by atomic mass is 10.0. The molecule has 3 aromatic rings. The van der Waals surface area contributed by atoms with Gasteiger partial charge in [0.15, 0.2) is 11.5 Å². The second kappa shape index (κ2) is 8.33. The zero-order valence-corrected chi connectivity index (χ0v) is 19.4. The number of rotatable bonds is 6. The molecule has 0 aliphatic carbocycles. The lowest BCUT2D eigenvalue weighted by Gasteiger charge is -2.27. The first-order valence-corrected chi connectivity index (χ1v) is 13.1. The fraction of sp³-hybridized carbons (Fsp3) is 0.417. The van der Waals surface area contributed by atoms with Crippen LogP contribution in [0.1, 0.15) is 17.7 Å². The van der Waals surface area contributed by atoms with E-state index in [9.17, 15) is 8.42 Å². The van der Waals surface area contributed by atoms with E-state index < -0.39 is 9.84 Å². The fourth-order valence-electron chi connectivity index (χ4n) is 4.74. The first-order valence-electron chi connectivity index (χ1n) is 11.0. The van der Waals surface area contributed by atoms with Crippen LogP contribution in [0.25, 0.3) is 10.9 Å². The highest BCUT2D eigenvalue weighted by molar-refractivity contribution is 7.90. The Hall–Kier alpha value is -2.71. The quantitative estimate of drug-likeness (QED) is 0.614. The summed E-state index contributed by atoms with van der Waals surface area (Å²) in [5, 5.41) is 4.76. The molecule has 0 atom stereocenters. The number of nitrogens with zero attached hydrogens (tertiary/aromatic N) is 2. The Morgan fingerprint density at radius 2 is 1.78 bits per heavy atom. The molecule has 0 saturated heterocycles. The van der Waals surface area contributed by atoms with Gasteiger partial charge in [-0.25, -0.2) is 8.42 Å². The van der Waals surface area contributed by atoms with Gasteiger partial charge in [0.2, 0.25) is 0 Å². The molecule has 1 aromatic heterocycles. The lowest BCUT2D eigenvalue weighted by Crippen LogP contribution is -2.32. The SMILES string of the molecule is Cn1c2c(c3ccc(Nc4ccc5c(c4)OCCO5)cc31)CN(CCCS(C)(=O)=O)CC2. The monoisotopic (exact) mass is 455 g/mol. The topological polar surface area (TPSA) is 72.8 Å². The molecule has 5 rings (SSSR count). The number of hydrogen-bond acceptors (Lipinski definition) is 6. The zero-order valence-electron chi connectivity index (χ0n) is 18.6. The summed E-state index contributed by atoms with van der Waals surface area (Å²) in [5.74, 6) is 1.81. The minimum Gasteiger partial charge on any atom is -0.486 e. The summed E-state index contributed by atoms with van der Waals surface area (Å²) in [6.07, 6.45) is 2.97. The van der Waals surface area contributed by atoms with E-state index in [1.54, 1.807) is 0 Å². The van der Waals surface area contributed by atoms with Crippen LogP contribution in [-0.2, 0) is 29.9 Å². The Bertz CT molecular complexity index is 1270. The van der Waals surface area contributed by atoms with Crippen LogP contribution in [0.2, 0.25) is 0 Å². The van der Waals surface area contributed by atoms with E-state index in [1.165, 1.54) is 28.4 Å². The fourth-order valence-corrected chi connectivity index (χ4v) is 5.39. The number of fused-ring (bicyclic) bond motifs is 4. The van der Waals surface area contributed by atoms with Gasteiger partial charge in [-0.2, -0.15) is 0 Å². The summed E-state index contributed by atoms with van der Waals surface area (Å²) in [7, 11) is -0.771. The third-order valence-electron chi connectivity index (χ3n) is 6.30. The van der Waals surface area contributed by atoms with Crippen molar-refractivity contribution < 1.29 is 17.9 Å². The van der Waals surface area contributed by atoms with Gasteiger partial charge >= 0.3 is 0 Å². The average molecular weight is 456 g/mol. The van der Waals surface area contributed by atoms with Gasteiger partial charge in [-0.05, 0) is 42.8 Å². The number of aryl methyl sites for hydroxylation is 1. The van der Waals surface area contributed by atoms with Gasteiger partial charge < -0.3 is 19.4 Å². The van der Waals surface area contributed by atoms with E-state index in [-0.39, 0.29) is 5.75 Å². The third-order valence-corrected chi connectivity index (χ3v) is 7.33. The average Bonchev–Trinajstić information content (AvgIpc) is 3.04. The predicted molar refractivity (Wildman–Crippen MR) is 127 cm³/mol. The highest BCUT2D eigenvalue weighted by Gasteiger charge is 2.23. The normalized spacial score (nSPS) is 16.2. The van der Waals surface area contributed by atoms with Crippen molar-refractivity contribution in [2.45, 2.75) is 19.4 Å². The lowest BCUT2D eigenvalue weighted by molar-refractivity contribution is 0.171. The van der Waals surface area contributed by atoms with Gasteiger partial charge in [0.05, 0.1) is 11.3 Å². The number of ether oxygens (including phenoxy) is 2. The second-order valence-corrected chi connectivity index (χ2v) is 11.0. The van der Waals surface area contributed by atoms with Gasteiger partial charge in [-0.15, -0.1) is 0 Å². The highest BCUT2D eigenvalue weighted by atomic mass is 32.2. The first-order chi connectivity index (χ1) is 15.4. The van der Waals surface area contributed by atoms with Crippen molar-refractivity contribution in [3.8, 4) is 11.5 Å². The molecule has 2 aliphatic rings. The van der Waals surface area contributed by atoms with E-state index in [4.69, 9.17) is 9.47 Å².